The maximum atomic E-state index is 12.2. The highest BCUT2D eigenvalue weighted by Crippen LogP contribution is 2.27. The van der Waals surface area contributed by atoms with Crippen LogP contribution in [0.25, 0.3) is 0 Å². The molecule has 6 nitrogen and oxygen atoms in total. The lowest BCUT2D eigenvalue weighted by Crippen LogP contribution is -2.33. The number of hydrogen-bond acceptors (Lipinski definition) is 3. The Hall–Kier alpha value is -2.24. The number of nitrogens with zero attached hydrogens (tertiary/aromatic N) is 1. The predicted octanol–water partition coefficient (Wildman–Crippen LogP) is 2.66. The van der Waals surface area contributed by atoms with Crippen molar-refractivity contribution < 1.29 is 19.4 Å². The van der Waals surface area contributed by atoms with E-state index in [0.717, 1.165) is 25.9 Å². The van der Waals surface area contributed by atoms with Gasteiger partial charge in [0.2, 0.25) is 0 Å². The first-order chi connectivity index (χ1) is 10.0. The third-order valence-electron chi connectivity index (χ3n) is 3.84. The van der Waals surface area contributed by atoms with E-state index in [4.69, 9.17) is 9.84 Å². The molecule has 2 rings (SSSR count). The third-order valence-corrected chi connectivity index (χ3v) is 3.84. The van der Waals surface area contributed by atoms with Crippen LogP contribution in [-0.2, 0) is 0 Å². The van der Waals surface area contributed by atoms with E-state index >= 15 is 0 Å². The number of amides is 2. The SMILES string of the molecule is CCC1CCN(C(=O)Nc2cc(C(=O)O)ccc2OC)C1. The second-order valence-electron chi connectivity index (χ2n) is 5.16. The first kappa shape index (κ1) is 15.2. The van der Waals surface area contributed by atoms with Crippen LogP contribution in [0.4, 0.5) is 10.5 Å². The van der Waals surface area contributed by atoms with Gasteiger partial charge in [-0.05, 0) is 30.5 Å². The molecule has 0 spiro atoms. The molecule has 1 saturated heterocycles. The number of benzene rings is 1. The number of carboxylic acids is 1. The minimum Gasteiger partial charge on any atom is -0.495 e. The molecule has 0 saturated carbocycles. The number of nitrogens with one attached hydrogen (secondary N) is 1. The highest BCUT2D eigenvalue weighted by molar-refractivity contribution is 5.94. The summed E-state index contributed by atoms with van der Waals surface area (Å²) < 4.78 is 5.16. The molecule has 1 aromatic rings. The van der Waals surface area contributed by atoms with Crippen molar-refractivity contribution in [1.29, 1.82) is 0 Å². The molecular weight excluding hydrogens is 272 g/mol. The topological polar surface area (TPSA) is 78.9 Å². The van der Waals surface area contributed by atoms with Crippen LogP contribution in [0.3, 0.4) is 0 Å². The zero-order valence-corrected chi connectivity index (χ0v) is 12.3. The average Bonchev–Trinajstić information content (AvgIpc) is 2.96. The molecule has 1 aliphatic heterocycles. The Morgan fingerprint density at radius 1 is 1.48 bits per heavy atom. The molecule has 0 aromatic heterocycles. The first-order valence-electron chi connectivity index (χ1n) is 7.02. The fraction of sp³-hybridized carbons (Fsp3) is 0.467. The van der Waals surface area contributed by atoms with E-state index in [1.807, 2.05) is 0 Å². The molecule has 0 radical (unpaired) electrons. The van der Waals surface area contributed by atoms with Crippen LogP contribution in [-0.4, -0.2) is 42.2 Å². The number of rotatable bonds is 4. The Bertz CT molecular complexity index is 544. The second kappa shape index (κ2) is 6.47. The number of carbonyl (C=O) groups excluding carboxylic acids is 1. The minimum absolute atomic E-state index is 0.110. The van der Waals surface area contributed by atoms with Crippen LogP contribution >= 0.6 is 0 Å². The van der Waals surface area contributed by atoms with Gasteiger partial charge in [-0.2, -0.15) is 0 Å². The standard InChI is InChI=1S/C15H20N2O4/c1-3-10-6-7-17(9-10)15(20)16-12-8-11(14(18)19)4-5-13(12)21-2/h4-5,8,10H,3,6-7,9H2,1-2H3,(H,16,20)(H,18,19). The zero-order valence-electron chi connectivity index (χ0n) is 12.3. The molecule has 114 valence electrons. The van der Waals surface area contributed by atoms with Crippen LogP contribution < -0.4 is 10.1 Å². The highest BCUT2D eigenvalue weighted by atomic mass is 16.5. The van der Waals surface area contributed by atoms with Gasteiger partial charge in [-0.1, -0.05) is 13.3 Å². The van der Waals surface area contributed by atoms with Gasteiger partial charge in [-0.15, -0.1) is 0 Å². The molecule has 1 unspecified atom stereocenters. The number of methoxy groups -OCH3 is 1. The van der Waals surface area contributed by atoms with Crippen molar-refractivity contribution in [3.8, 4) is 5.75 Å². The van der Waals surface area contributed by atoms with E-state index in [1.54, 1.807) is 4.90 Å². The Morgan fingerprint density at radius 3 is 2.81 bits per heavy atom. The number of hydrogen-bond donors (Lipinski definition) is 2. The minimum atomic E-state index is -1.04. The lowest BCUT2D eigenvalue weighted by atomic mass is 10.1. The largest absolute Gasteiger partial charge is 0.495 e. The maximum absolute atomic E-state index is 12.2. The summed E-state index contributed by atoms with van der Waals surface area (Å²) in [5, 5.41) is 11.8. The number of carbonyl (C=O) groups is 2. The maximum Gasteiger partial charge on any atom is 0.335 e. The molecule has 1 fully saturated rings. The van der Waals surface area contributed by atoms with Crippen LogP contribution in [0, 0.1) is 5.92 Å². The predicted molar refractivity (Wildman–Crippen MR) is 78.9 cm³/mol. The Morgan fingerprint density at radius 2 is 2.24 bits per heavy atom. The molecule has 1 heterocycles. The molecule has 1 atom stereocenters. The van der Waals surface area contributed by atoms with Crippen molar-refractivity contribution in [3.05, 3.63) is 23.8 Å². The monoisotopic (exact) mass is 292 g/mol. The summed E-state index contributed by atoms with van der Waals surface area (Å²) in [7, 11) is 1.48. The summed E-state index contributed by atoms with van der Waals surface area (Å²) in [6, 6.07) is 4.18. The fourth-order valence-electron chi connectivity index (χ4n) is 2.48. The van der Waals surface area contributed by atoms with E-state index in [0.29, 0.717) is 17.4 Å². The normalized spacial score (nSPS) is 17.6. The summed E-state index contributed by atoms with van der Waals surface area (Å²) in [5.41, 5.74) is 0.487. The summed E-state index contributed by atoms with van der Waals surface area (Å²) in [5.74, 6) is -0.0528. The number of urea groups is 1. The van der Waals surface area contributed by atoms with Gasteiger partial charge in [0.05, 0.1) is 18.4 Å². The fourth-order valence-corrected chi connectivity index (χ4v) is 2.48. The van der Waals surface area contributed by atoms with Crippen molar-refractivity contribution in [2.45, 2.75) is 19.8 Å². The van der Waals surface area contributed by atoms with Gasteiger partial charge in [-0.25, -0.2) is 9.59 Å². The van der Waals surface area contributed by atoms with Gasteiger partial charge in [0.15, 0.2) is 0 Å². The summed E-state index contributed by atoms with van der Waals surface area (Å²) in [6.45, 7) is 3.58. The number of aromatic carboxylic acids is 1. The lowest BCUT2D eigenvalue weighted by Gasteiger charge is -2.18. The van der Waals surface area contributed by atoms with Crippen LogP contribution in [0.1, 0.15) is 30.1 Å². The third kappa shape index (κ3) is 3.45. The van der Waals surface area contributed by atoms with E-state index < -0.39 is 5.97 Å². The summed E-state index contributed by atoms with van der Waals surface area (Å²) >= 11 is 0. The van der Waals surface area contributed by atoms with E-state index in [1.165, 1.54) is 25.3 Å². The van der Waals surface area contributed by atoms with Crippen molar-refractivity contribution in [2.75, 3.05) is 25.5 Å². The van der Waals surface area contributed by atoms with Crippen molar-refractivity contribution >= 4 is 17.7 Å². The van der Waals surface area contributed by atoms with Crippen LogP contribution in [0.15, 0.2) is 18.2 Å². The summed E-state index contributed by atoms with van der Waals surface area (Å²) in [6.07, 6.45) is 2.07. The van der Waals surface area contributed by atoms with Gasteiger partial charge in [0.25, 0.3) is 0 Å². The summed E-state index contributed by atoms with van der Waals surface area (Å²) in [4.78, 5) is 25.0. The Labute approximate surface area is 123 Å². The van der Waals surface area contributed by atoms with E-state index in [2.05, 4.69) is 12.2 Å². The second-order valence-corrected chi connectivity index (χ2v) is 5.16. The molecule has 2 amide bonds. The average molecular weight is 292 g/mol. The lowest BCUT2D eigenvalue weighted by molar-refractivity contribution is 0.0697. The molecule has 2 N–H and O–H groups in total. The van der Waals surface area contributed by atoms with Crippen LogP contribution in [0.2, 0.25) is 0 Å². The van der Waals surface area contributed by atoms with Gasteiger partial charge in [0.1, 0.15) is 5.75 Å². The molecule has 0 bridgehead atoms. The van der Waals surface area contributed by atoms with Crippen molar-refractivity contribution in [1.82, 2.24) is 4.90 Å². The molecular formula is C15H20N2O4. The van der Waals surface area contributed by atoms with E-state index in [-0.39, 0.29) is 11.6 Å². The quantitative estimate of drug-likeness (QED) is 0.894. The molecule has 1 aromatic carbocycles. The van der Waals surface area contributed by atoms with Crippen LogP contribution in [0.5, 0.6) is 5.75 Å². The Kier molecular flexibility index (Phi) is 4.67. The van der Waals surface area contributed by atoms with E-state index in [9.17, 15) is 9.59 Å². The molecule has 1 aliphatic rings. The van der Waals surface area contributed by atoms with Gasteiger partial charge >= 0.3 is 12.0 Å². The molecule has 21 heavy (non-hydrogen) atoms. The number of anilines is 1. The van der Waals surface area contributed by atoms with Gasteiger partial charge < -0.3 is 20.1 Å². The van der Waals surface area contributed by atoms with Gasteiger partial charge in [-0.3, -0.25) is 0 Å². The van der Waals surface area contributed by atoms with Crippen molar-refractivity contribution in [3.63, 3.8) is 0 Å². The van der Waals surface area contributed by atoms with Gasteiger partial charge in [0, 0.05) is 13.1 Å². The molecule has 6 heteroatoms. The highest BCUT2D eigenvalue weighted by Gasteiger charge is 2.25. The number of ether oxygens (including phenoxy) is 1. The number of carboxylic acid groups (broad SMARTS) is 1. The smallest absolute Gasteiger partial charge is 0.335 e. The first-order valence-corrected chi connectivity index (χ1v) is 7.02. The number of likely N-dealkylation sites (tertiary alicyclic amines) is 1. The molecule has 0 aliphatic carbocycles. The van der Waals surface area contributed by atoms with Crippen molar-refractivity contribution in [2.24, 2.45) is 5.92 Å². The zero-order chi connectivity index (χ0) is 15.4. The Balaban J connectivity index is 2.12.